The minimum atomic E-state index is 0.881. The fourth-order valence-electron chi connectivity index (χ4n) is 2.38. The molecule has 0 spiro atoms. The van der Waals surface area contributed by atoms with E-state index in [4.69, 9.17) is 0 Å². The van der Waals surface area contributed by atoms with Crippen molar-refractivity contribution in [2.75, 3.05) is 0 Å². The average Bonchev–Trinajstić information content (AvgIpc) is 2.43. The number of hydrogen-bond acceptors (Lipinski definition) is 0. The molecule has 118 valence electrons. The number of rotatable bonds is 14. The van der Waals surface area contributed by atoms with Gasteiger partial charge in [0.15, 0.2) is 0 Å². The predicted octanol–water partition coefficient (Wildman–Crippen LogP) is 7.46. The molecule has 0 saturated heterocycles. The molecule has 0 unspecified atom stereocenters. The van der Waals surface area contributed by atoms with Gasteiger partial charge in [-0.3, -0.25) is 0 Å². The molecule has 0 saturated carbocycles. The van der Waals surface area contributed by atoms with E-state index in [9.17, 15) is 0 Å². The summed E-state index contributed by atoms with van der Waals surface area (Å²) in [6.07, 6.45) is 25.5. The van der Waals surface area contributed by atoms with Gasteiger partial charge in [-0.25, -0.2) is 0 Å². The molecule has 0 amide bonds. The first kappa shape index (κ1) is 19.5. The van der Waals surface area contributed by atoms with Gasteiger partial charge in [0.1, 0.15) is 0 Å². The van der Waals surface area contributed by atoms with Crippen LogP contribution in [0.15, 0.2) is 24.3 Å². The molecule has 0 nitrogen and oxygen atoms in total. The molecule has 0 fully saturated rings. The van der Waals surface area contributed by atoms with Crippen LogP contribution in [0.1, 0.15) is 97.8 Å². The maximum atomic E-state index is 2.33. The summed E-state index contributed by atoms with van der Waals surface area (Å²) in [4.78, 5) is 0. The Labute approximate surface area is 128 Å². The zero-order valence-corrected chi connectivity index (χ0v) is 14.4. The van der Waals surface area contributed by atoms with Gasteiger partial charge in [0.05, 0.1) is 0 Å². The minimum absolute atomic E-state index is 0.881. The van der Waals surface area contributed by atoms with Gasteiger partial charge in [-0.05, 0) is 31.6 Å². The van der Waals surface area contributed by atoms with Crippen LogP contribution in [-0.2, 0) is 0 Å². The van der Waals surface area contributed by atoms with E-state index in [2.05, 4.69) is 45.1 Å². The third-order valence-electron chi connectivity index (χ3n) is 3.76. The summed E-state index contributed by atoms with van der Waals surface area (Å²) in [6.45, 7) is 6.91. The van der Waals surface area contributed by atoms with E-state index in [1.165, 1.54) is 77.0 Å². The molecule has 0 aliphatic carbocycles. The maximum absolute atomic E-state index is 2.33. The zero-order valence-electron chi connectivity index (χ0n) is 14.4. The maximum Gasteiger partial charge on any atom is -0.0348 e. The Bertz CT molecular complexity index is 222. The van der Waals surface area contributed by atoms with Crippen LogP contribution in [0.25, 0.3) is 0 Å². The molecule has 0 radical (unpaired) electrons. The fourth-order valence-corrected chi connectivity index (χ4v) is 2.38. The Hall–Kier alpha value is -0.520. The second kappa shape index (κ2) is 16.5. The largest absolute Gasteiger partial charge is 0.0845 e. The van der Waals surface area contributed by atoms with Gasteiger partial charge in [0.2, 0.25) is 0 Å². The number of hydrogen-bond donors (Lipinski definition) is 0. The molecule has 0 rings (SSSR count). The minimum Gasteiger partial charge on any atom is -0.0845 e. The van der Waals surface area contributed by atoms with Gasteiger partial charge in [0.25, 0.3) is 0 Å². The van der Waals surface area contributed by atoms with Crippen molar-refractivity contribution in [1.82, 2.24) is 0 Å². The number of allylic oxidation sites excluding steroid dienone is 4. The molecule has 0 aromatic heterocycles. The van der Waals surface area contributed by atoms with Crippen LogP contribution in [0.2, 0.25) is 0 Å². The van der Waals surface area contributed by atoms with Gasteiger partial charge < -0.3 is 0 Å². The van der Waals surface area contributed by atoms with Gasteiger partial charge in [-0.2, -0.15) is 0 Å². The Morgan fingerprint density at radius 3 is 1.70 bits per heavy atom. The Morgan fingerprint density at radius 2 is 1.15 bits per heavy atom. The first-order chi connectivity index (χ1) is 9.77. The Balaban J connectivity index is 3.17. The molecule has 0 aliphatic rings. The SMILES string of the molecule is CCCCCC/C=C/C=C\CCCCCCCC(C)C. The molecular weight excluding hydrogens is 240 g/mol. The predicted molar refractivity (Wildman–Crippen MR) is 94.2 cm³/mol. The normalized spacial score (nSPS) is 12.2. The van der Waals surface area contributed by atoms with E-state index in [-0.39, 0.29) is 0 Å². The van der Waals surface area contributed by atoms with Gasteiger partial charge in [-0.15, -0.1) is 0 Å². The van der Waals surface area contributed by atoms with E-state index >= 15 is 0 Å². The van der Waals surface area contributed by atoms with Crippen LogP contribution >= 0.6 is 0 Å². The van der Waals surface area contributed by atoms with Crippen LogP contribution in [0.5, 0.6) is 0 Å². The molecule has 0 aromatic rings. The van der Waals surface area contributed by atoms with Crippen molar-refractivity contribution in [2.24, 2.45) is 5.92 Å². The summed E-state index contributed by atoms with van der Waals surface area (Å²) < 4.78 is 0. The lowest BCUT2D eigenvalue weighted by molar-refractivity contribution is 0.516. The van der Waals surface area contributed by atoms with E-state index in [0.29, 0.717) is 0 Å². The van der Waals surface area contributed by atoms with Crippen LogP contribution < -0.4 is 0 Å². The molecule has 0 atom stereocenters. The van der Waals surface area contributed by atoms with Gasteiger partial charge in [-0.1, -0.05) is 96.4 Å². The van der Waals surface area contributed by atoms with Crippen molar-refractivity contribution in [2.45, 2.75) is 97.8 Å². The molecule has 20 heavy (non-hydrogen) atoms. The van der Waals surface area contributed by atoms with Crippen molar-refractivity contribution in [1.29, 1.82) is 0 Å². The summed E-state index contributed by atoms with van der Waals surface area (Å²) in [6, 6.07) is 0. The molecular formula is C20H38. The van der Waals surface area contributed by atoms with E-state index in [1.807, 2.05) is 0 Å². The lowest BCUT2D eigenvalue weighted by Crippen LogP contribution is -1.86. The summed E-state index contributed by atoms with van der Waals surface area (Å²) in [5, 5.41) is 0. The van der Waals surface area contributed by atoms with E-state index < -0.39 is 0 Å². The van der Waals surface area contributed by atoms with Crippen molar-refractivity contribution in [3.05, 3.63) is 24.3 Å². The van der Waals surface area contributed by atoms with Crippen LogP contribution in [0.4, 0.5) is 0 Å². The smallest absolute Gasteiger partial charge is 0.0348 e. The van der Waals surface area contributed by atoms with Crippen LogP contribution in [-0.4, -0.2) is 0 Å². The van der Waals surface area contributed by atoms with E-state index in [0.717, 1.165) is 5.92 Å². The topological polar surface area (TPSA) is 0 Å². The zero-order chi connectivity index (χ0) is 14.9. The first-order valence-electron chi connectivity index (χ1n) is 9.09. The van der Waals surface area contributed by atoms with Gasteiger partial charge >= 0.3 is 0 Å². The highest BCUT2D eigenvalue weighted by atomic mass is 14.0. The van der Waals surface area contributed by atoms with Crippen LogP contribution in [0, 0.1) is 5.92 Å². The summed E-state index contributed by atoms with van der Waals surface area (Å²) in [5.74, 6) is 0.881. The molecule has 0 N–H and O–H groups in total. The van der Waals surface area contributed by atoms with Crippen molar-refractivity contribution in [3.63, 3.8) is 0 Å². The molecule has 0 aliphatic heterocycles. The lowest BCUT2D eigenvalue weighted by Gasteiger charge is -2.03. The third-order valence-corrected chi connectivity index (χ3v) is 3.76. The third kappa shape index (κ3) is 17.5. The second-order valence-corrected chi connectivity index (χ2v) is 6.44. The molecule has 0 aromatic carbocycles. The summed E-state index contributed by atoms with van der Waals surface area (Å²) in [7, 11) is 0. The monoisotopic (exact) mass is 278 g/mol. The highest BCUT2D eigenvalue weighted by Gasteiger charge is 1.93. The van der Waals surface area contributed by atoms with E-state index in [1.54, 1.807) is 0 Å². The van der Waals surface area contributed by atoms with Crippen molar-refractivity contribution < 1.29 is 0 Å². The Morgan fingerprint density at radius 1 is 0.650 bits per heavy atom. The lowest BCUT2D eigenvalue weighted by atomic mass is 10.0. The van der Waals surface area contributed by atoms with Crippen molar-refractivity contribution in [3.8, 4) is 0 Å². The molecule has 0 heteroatoms. The molecule has 0 bridgehead atoms. The second-order valence-electron chi connectivity index (χ2n) is 6.44. The average molecular weight is 279 g/mol. The standard InChI is InChI=1S/C20H38/c1-4-5-6-7-8-9-10-11-12-13-14-15-16-17-18-19-20(2)3/h9-12,20H,4-8,13-19H2,1-3H3/b10-9+,12-11-. The van der Waals surface area contributed by atoms with Gasteiger partial charge in [0, 0.05) is 0 Å². The summed E-state index contributed by atoms with van der Waals surface area (Å²) >= 11 is 0. The summed E-state index contributed by atoms with van der Waals surface area (Å²) in [5.41, 5.74) is 0. The Kier molecular flexibility index (Phi) is 16.1. The van der Waals surface area contributed by atoms with Crippen LogP contribution in [0.3, 0.4) is 0 Å². The fraction of sp³-hybridized carbons (Fsp3) is 0.800. The molecule has 0 heterocycles. The highest BCUT2D eigenvalue weighted by Crippen LogP contribution is 2.11. The highest BCUT2D eigenvalue weighted by molar-refractivity contribution is 5.02. The quantitative estimate of drug-likeness (QED) is 0.228. The van der Waals surface area contributed by atoms with Crippen molar-refractivity contribution >= 4 is 0 Å². The number of unbranched alkanes of at least 4 members (excludes halogenated alkanes) is 9. The first-order valence-corrected chi connectivity index (χ1v) is 9.09.